The van der Waals surface area contributed by atoms with Crippen LogP contribution in [0.15, 0.2) is 163 Å². The Morgan fingerprint density at radius 3 is 1.63 bits per heavy atom. The van der Waals surface area contributed by atoms with Crippen molar-refractivity contribution in [3.63, 3.8) is 0 Å². The summed E-state index contributed by atoms with van der Waals surface area (Å²) in [4.78, 5) is 34.3. The third-order valence-corrected chi connectivity index (χ3v) is 9.37. The summed E-state index contributed by atoms with van der Waals surface area (Å²) in [6.07, 6.45) is 6.62. The average Bonchev–Trinajstić information content (AvgIpc) is 3.21. The number of para-hydroxylation sites is 2. The highest BCUT2D eigenvalue weighted by Crippen LogP contribution is 2.50. The van der Waals surface area contributed by atoms with Gasteiger partial charge in [0.1, 0.15) is 11.5 Å². The molecule has 0 spiro atoms. The molecule has 0 aliphatic rings. The molecule has 0 saturated carbocycles. The van der Waals surface area contributed by atoms with Crippen molar-refractivity contribution in [3.05, 3.63) is 185 Å². The lowest BCUT2D eigenvalue weighted by Crippen LogP contribution is -2.00. The number of pyridine rings is 4. The highest BCUT2D eigenvalue weighted by Gasteiger charge is 2.26. The molecule has 0 amide bonds. The number of fused-ring (bicyclic) bond motifs is 2. The highest BCUT2D eigenvalue weighted by atomic mass is 31.2. The molecule has 298 valence electrons. The molecule has 8 aromatic rings. The Bertz CT molecular complexity index is 2720. The number of aromatic nitrogens is 4. The van der Waals surface area contributed by atoms with Gasteiger partial charge in [0.2, 0.25) is 0 Å². The Kier molecular flexibility index (Phi) is 15.4. The van der Waals surface area contributed by atoms with Crippen molar-refractivity contribution in [1.82, 2.24) is 19.9 Å². The first-order chi connectivity index (χ1) is 27.6. The maximum absolute atomic E-state index is 12.3. The number of nitrogens with zero attached hydrogens (tertiary/aromatic N) is 7. The third-order valence-electron chi connectivity index (χ3n) is 8.19. The van der Waals surface area contributed by atoms with Crippen molar-refractivity contribution in [3.8, 4) is 34.0 Å². The Balaban J connectivity index is 0.000000192. The Labute approximate surface area is 342 Å². The molecule has 0 bridgehead atoms. The van der Waals surface area contributed by atoms with E-state index in [0.717, 1.165) is 33.3 Å². The van der Waals surface area contributed by atoms with Gasteiger partial charge in [-0.25, -0.2) is 19.3 Å². The van der Waals surface area contributed by atoms with Crippen molar-refractivity contribution in [2.75, 3.05) is 5.73 Å². The predicted molar refractivity (Wildman–Crippen MR) is 235 cm³/mol. The summed E-state index contributed by atoms with van der Waals surface area (Å²) in [7, 11) is -3.95. The SMILES string of the molecule is C.C.Cc1cccc(-c2cc(C(=O)O)c3cnccc3n2)c1.Cc1cccc(-c2cc(N)c3cnccc3n2)c1.[N-]=[N+]=NP(=O)(Oc1ccccc1)Oc1ccccc1. The zero-order valence-electron chi connectivity index (χ0n) is 30.7. The first-order valence-electron chi connectivity index (χ1n) is 17.4. The van der Waals surface area contributed by atoms with Crippen LogP contribution >= 0.6 is 7.75 Å². The van der Waals surface area contributed by atoms with Gasteiger partial charge in [0.25, 0.3) is 0 Å². The van der Waals surface area contributed by atoms with E-state index < -0.39 is 13.7 Å². The van der Waals surface area contributed by atoms with Gasteiger partial charge in [-0.15, -0.1) is 0 Å². The Morgan fingerprint density at radius 2 is 1.15 bits per heavy atom. The van der Waals surface area contributed by atoms with Crippen LogP contribution < -0.4 is 14.8 Å². The molecular formula is C45H43N8O5P. The number of carbonyl (C=O) groups is 1. The quantitative estimate of drug-likeness (QED) is 0.0644. The lowest BCUT2D eigenvalue weighted by molar-refractivity contribution is 0.0699. The first kappa shape index (κ1) is 44.1. The number of aryl methyl sites for hydroxylation is 2. The Morgan fingerprint density at radius 1 is 0.678 bits per heavy atom. The second-order valence-electron chi connectivity index (χ2n) is 12.4. The molecule has 4 aromatic carbocycles. The van der Waals surface area contributed by atoms with Gasteiger partial charge < -0.3 is 19.9 Å². The van der Waals surface area contributed by atoms with Crippen molar-refractivity contribution in [2.45, 2.75) is 28.7 Å². The van der Waals surface area contributed by atoms with Crippen molar-refractivity contribution < 1.29 is 23.5 Å². The van der Waals surface area contributed by atoms with Crippen LogP contribution in [0.1, 0.15) is 36.3 Å². The molecule has 14 heteroatoms. The zero-order valence-corrected chi connectivity index (χ0v) is 31.6. The fourth-order valence-corrected chi connectivity index (χ4v) is 6.56. The van der Waals surface area contributed by atoms with Gasteiger partial charge in [0, 0.05) is 62.2 Å². The maximum atomic E-state index is 12.3. The molecule has 0 atom stereocenters. The number of anilines is 1. The third kappa shape index (κ3) is 11.7. The summed E-state index contributed by atoms with van der Waals surface area (Å²) < 4.78 is 22.6. The van der Waals surface area contributed by atoms with Gasteiger partial charge in [-0.1, -0.05) is 98.8 Å². The molecule has 0 aliphatic heterocycles. The van der Waals surface area contributed by atoms with Crippen LogP contribution in [0.5, 0.6) is 11.5 Å². The van der Waals surface area contributed by atoms with E-state index in [0.29, 0.717) is 33.8 Å². The predicted octanol–water partition coefficient (Wildman–Crippen LogP) is 12.3. The normalized spacial score (nSPS) is 10.2. The van der Waals surface area contributed by atoms with Gasteiger partial charge in [-0.2, -0.15) is 0 Å². The molecule has 13 nitrogen and oxygen atoms in total. The fourth-order valence-electron chi connectivity index (χ4n) is 5.58. The van der Waals surface area contributed by atoms with E-state index in [1.807, 2.05) is 55.5 Å². The molecular weight excluding hydrogens is 764 g/mol. The van der Waals surface area contributed by atoms with Crippen LogP contribution in [0.25, 0.3) is 54.8 Å². The second-order valence-corrected chi connectivity index (χ2v) is 13.9. The maximum Gasteiger partial charge on any atom is 0.525 e. The van der Waals surface area contributed by atoms with Crippen LogP contribution in [0.3, 0.4) is 0 Å². The summed E-state index contributed by atoms with van der Waals surface area (Å²) in [5.74, 6) is -0.373. The molecule has 0 aliphatic carbocycles. The second kappa shape index (κ2) is 20.5. The van der Waals surface area contributed by atoms with E-state index in [4.69, 9.17) is 20.3 Å². The molecule has 4 aromatic heterocycles. The van der Waals surface area contributed by atoms with Gasteiger partial charge >= 0.3 is 13.7 Å². The number of hydrogen-bond acceptors (Lipinski definition) is 9. The van der Waals surface area contributed by atoms with Gasteiger partial charge in [0.05, 0.1) is 28.0 Å². The van der Waals surface area contributed by atoms with Gasteiger partial charge in [-0.05, 0) is 80.0 Å². The smallest absolute Gasteiger partial charge is 0.478 e. The molecule has 0 fully saturated rings. The minimum atomic E-state index is -3.95. The minimum absolute atomic E-state index is 0. The minimum Gasteiger partial charge on any atom is -0.478 e. The standard InChI is InChI=1S/C16H12N2O2.C15H13N3.C12H10N3O3P.2CH4/c1-10-3-2-4-11(7-10)15-8-12(16(19)20)13-9-17-6-5-14(13)18-15;1-10-3-2-4-11(7-10)15-8-13(16)12-9-17-6-5-14(12)18-15;13-14-15-19(16,17-11-7-3-1-4-8-11)18-12-9-5-2-6-10-12;;/h2-9H,1H3,(H,19,20);2-9H,1H3,(H2,16,18);1-10H;2*1H4. The van der Waals surface area contributed by atoms with Crippen molar-refractivity contribution in [2.24, 2.45) is 4.88 Å². The number of carboxylic acid groups (broad SMARTS) is 1. The van der Waals surface area contributed by atoms with Crippen LogP contribution in [-0.2, 0) is 4.57 Å². The lowest BCUT2D eigenvalue weighted by atomic mass is 10.0. The number of carboxylic acids is 1. The van der Waals surface area contributed by atoms with E-state index in [1.54, 1.807) is 91.4 Å². The van der Waals surface area contributed by atoms with Crippen molar-refractivity contribution >= 4 is 41.2 Å². The largest absolute Gasteiger partial charge is 0.525 e. The van der Waals surface area contributed by atoms with Crippen LogP contribution in [0.2, 0.25) is 0 Å². The number of nitrogen functional groups attached to an aromatic ring is 1. The van der Waals surface area contributed by atoms with E-state index in [9.17, 15) is 14.5 Å². The van der Waals surface area contributed by atoms with Gasteiger partial charge in [0.15, 0.2) is 0 Å². The molecule has 3 N–H and O–H groups in total. The van der Waals surface area contributed by atoms with Crippen LogP contribution in [-0.4, -0.2) is 31.0 Å². The molecule has 8 rings (SSSR count). The topological polar surface area (TPSA) is 199 Å². The number of rotatable bonds is 8. The molecule has 0 saturated heterocycles. The number of nitrogens with two attached hydrogens (primary N) is 1. The number of hydrogen-bond donors (Lipinski definition) is 2. The van der Waals surface area contributed by atoms with E-state index in [2.05, 4.69) is 48.8 Å². The van der Waals surface area contributed by atoms with Gasteiger partial charge in [-0.3, -0.25) is 9.97 Å². The molecule has 0 radical (unpaired) electrons. The highest BCUT2D eigenvalue weighted by molar-refractivity contribution is 7.53. The summed E-state index contributed by atoms with van der Waals surface area (Å²) in [6.45, 7) is 4.06. The lowest BCUT2D eigenvalue weighted by Gasteiger charge is -2.14. The monoisotopic (exact) mass is 806 g/mol. The van der Waals surface area contributed by atoms with Crippen LogP contribution in [0.4, 0.5) is 5.69 Å². The van der Waals surface area contributed by atoms with E-state index in [1.165, 1.54) is 11.8 Å². The molecule has 59 heavy (non-hydrogen) atoms. The van der Waals surface area contributed by atoms with E-state index in [-0.39, 0.29) is 20.4 Å². The first-order valence-corrected chi connectivity index (χ1v) is 18.9. The summed E-state index contributed by atoms with van der Waals surface area (Å²) in [5.41, 5.74) is 22.8. The van der Waals surface area contributed by atoms with Crippen molar-refractivity contribution in [1.29, 1.82) is 0 Å². The molecule has 4 heterocycles. The number of aromatic carboxylic acids is 1. The average molecular weight is 807 g/mol. The number of azide groups is 1. The summed E-state index contributed by atoms with van der Waals surface area (Å²) in [5, 5.41) is 10.8. The fraction of sp³-hybridized carbons (Fsp3) is 0.0889. The molecule has 0 unspecified atom stereocenters. The Hall–Kier alpha value is -7.59. The summed E-state index contributed by atoms with van der Waals surface area (Å²) >= 11 is 0. The van der Waals surface area contributed by atoms with E-state index >= 15 is 0 Å². The summed E-state index contributed by atoms with van der Waals surface area (Å²) in [6, 6.07) is 39.9. The number of benzene rings is 4. The van der Waals surface area contributed by atoms with Crippen LogP contribution in [0, 0.1) is 13.8 Å². The zero-order chi connectivity index (χ0) is 40.2.